The van der Waals surface area contributed by atoms with Crippen molar-refractivity contribution in [3.05, 3.63) is 69.3 Å². The summed E-state index contributed by atoms with van der Waals surface area (Å²) in [6, 6.07) is 16.4. The molecule has 2 aromatic carbocycles. The number of hydrogen-bond acceptors (Lipinski definition) is 0. The fourth-order valence-corrected chi connectivity index (χ4v) is 4.04. The van der Waals surface area contributed by atoms with Crippen LogP contribution in [0.2, 0.25) is 0 Å². The maximum absolute atomic E-state index is 5.60. The van der Waals surface area contributed by atoms with Gasteiger partial charge in [-0.25, -0.2) is 0 Å². The van der Waals surface area contributed by atoms with Crippen LogP contribution >= 0.6 is 0 Å². The lowest BCUT2D eigenvalue weighted by Crippen LogP contribution is -2.29. The molecular weight excluding hydrogens is 280 g/mol. The maximum atomic E-state index is 5.60. The molecule has 1 saturated carbocycles. The van der Waals surface area contributed by atoms with E-state index in [9.17, 15) is 0 Å². The predicted molar refractivity (Wildman–Crippen MR) is 97.4 cm³/mol. The fraction of sp³-hybridized carbons (Fsp3) is 0.333. The first kappa shape index (κ1) is 15.3. The molecule has 0 aromatic heterocycles. The van der Waals surface area contributed by atoms with Crippen molar-refractivity contribution in [2.45, 2.75) is 43.9 Å². The Labute approximate surface area is 138 Å². The summed E-state index contributed by atoms with van der Waals surface area (Å²) in [5.41, 5.74) is 4.37. The van der Waals surface area contributed by atoms with Crippen molar-refractivity contribution in [2.75, 3.05) is 0 Å². The van der Waals surface area contributed by atoms with Gasteiger partial charge in [0.1, 0.15) is 0 Å². The lowest BCUT2D eigenvalue weighted by molar-refractivity contribution is 0.289. The molecule has 0 spiro atoms. The van der Waals surface area contributed by atoms with Crippen LogP contribution in [0.1, 0.15) is 49.7 Å². The van der Waals surface area contributed by atoms with Crippen molar-refractivity contribution >= 4 is 11.4 Å². The van der Waals surface area contributed by atoms with Crippen molar-refractivity contribution in [2.24, 2.45) is 0 Å². The van der Waals surface area contributed by atoms with Crippen LogP contribution in [0, 0.1) is 13.1 Å². The molecule has 0 amide bonds. The van der Waals surface area contributed by atoms with E-state index in [-0.39, 0.29) is 5.41 Å². The third-order valence-corrected chi connectivity index (χ3v) is 5.19. The van der Waals surface area contributed by atoms with Gasteiger partial charge in [-0.15, -0.1) is 0 Å². The second-order valence-corrected chi connectivity index (χ2v) is 6.69. The molecule has 23 heavy (non-hydrogen) atoms. The second-order valence-electron chi connectivity index (χ2n) is 6.69. The van der Waals surface area contributed by atoms with Crippen LogP contribution in [0.25, 0.3) is 9.69 Å². The molecule has 2 atom stereocenters. The van der Waals surface area contributed by atoms with Gasteiger partial charge in [-0.05, 0) is 34.9 Å². The van der Waals surface area contributed by atoms with Crippen molar-refractivity contribution in [3.63, 3.8) is 0 Å². The Morgan fingerprint density at radius 3 is 2.35 bits per heavy atom. The van der Waals surface area contributed by atoms with E-state index >= 15 is 0 Å². The SMILES string of the molecule is C#[N+]c1ccccc1C1CCCC(C)(c2ccccc2[N+]#C)C1. The highest BCUT2D eigenvalue weighted by Crippen LogP contribution is 2.49. The molecule has 0 bridgehead atoms. The molecule has 2 heteroatoms. The van der Waals surface area contributed by atoms with E-state index in [1.807, 2.05) is 24.3 Å². The quantitative estimate of drug-likeness (QED) is 0.599. The molecule has 2 nitrogen and oxygen atoms in total. The van der Waals surface area contributed by atoms with Crippen LogP contribution in [0.5, 0.6) is 0 Å². The Hall–Kier alpha value is -2.58. The van der Waals surface area contributed by atoms with Gasteiger partial charge in [-0.2, -0.15) is 0 Å². The van der Waals surface area contributed by atoms with Crippen LogP contribution in [0.4, 0.5) is 11.4 Å². The monoisotopic (exact) mass is 302 g/mol. The highest BCUT2D eigenvalue weighted by Gasteiger charge is 2.39. The van der Waals surface area contributed by atoms with Gasteiger partial charge in [0.05, 0.1) is 0 Å². The summed E-state index contributed by atoms with van der Waals surface area (Å²) in [5.74, 6) is 0.461. The van der Waals surface area contributed by atoms with Gasteiger partial charge in [0.2, 0.25) is 0 Å². The minimum atomic E-state index is 0.0735. The lowest BCUT2D eigenvalue weighted by Gasteiger charge is -2.37. The Kier molecular flexibility index (Phi) is 4.18. The molecule has 114 valence electrons. The van der Waals surface area contributed by atoms with Crippen molar-refractivity contribution in [1.29, 1.82) is 0 Å². The molecule has 1 aliphatic rings. The first-order chi connectivity index (χ1) is 11.2. The predicted octanol–water partition coefficient (Wildman–Crippen LogP) is 6.49. The average molecular weight is 302 g/mol. The zero-order chi connectivity index (χ0) is 16.3. The third kappa shape index (κ3) is 2.86. The molecule has 2 aromatic rings. The molecule has 1 aliphatic carbocycles. The Morgan fingerprint density at radius 1 is 0.957 bits per heavy atom. The highest BCUT2D eigenvalue weighted by molar-refractivity contribution is 5.58. The number of hydrogen-bond donors (Lipinski definition) is 0. The zero-order valence-electron chi connectivity index (χ0n) is 13.6. The topological polar surface area (TPSA) is 8.72 Å². The van der Waals surface area contributed by atoms with Crippen molar-refractivity contribution in [1.82, 2.24) is 0 Å². The summed E-state index contributed by atoms with van der Waals surface area (Å²) >= 11 is 0. The Balaban J connectivity index is 1.98. The van der Waals surface area contributed by atoms with Gasteiger partial charge >= 0.3 is 11.4 Å². The first-order valence-electron chi connectivity index (χ1n) is 8.18. The normalized spacial score (nSPS) is 23.7. The van der Waals surface area contributed by atoms with Crippen LogP contribution in [0.15, 0.2) is 48.5 Å². The van der Waals surface area contributed by atoms with E-state index in [4.69, 9.17) is 13.1 Å². The van der Waals surface area contributed by atoms with Crippen LogP contribution in [-0.2, 0) is 5.41 Å². The number of para-hydroxylation sites is 2. The highest BCUT2D eigenvalue weighted by atomic mass is 14.7. The van der Waals surface area contributed by atoms with Crippen LogP contribution < -0.4 is 0 Å². The maximum Gasteiger partial charge on any atom is 0.343 e. The summed E-state index contributed by atoms with van der Waals surface area (Å²) in [4.78, 5) is 7.95. The van der Waals surface area contributed by atoms with E-state index in [2.05, 4.69) is 40.9 Å². The molecule has 0 heterocycles. The van der Waals surface area contributed by atoms with Gasteiger partial charge in [0.25, 0.3) is 13.1 Å². The van der Waals surface area contributed by atoms with E-state index in [1.54, 1.807) is 0 Å². The summed E-state index contributed by atoms with van der Waals surface area (Å²) in [6.45, 7) is 13.5. The molecule has 0 aliphatic heterocycles. The number of nitrogens with zero attached hydrogens (tertiary/aromatic N) is 2. The van der Waals surface area contributed by atoms with E-state index in [0.717, 1.165) is 24.2 Å². The van der Waals surface area contributed by atoms with Gasteiger partial charge in [0, 0.05) is 28.7 Å². The van der Waals surface area contributed by atoms with Crippen molar-refractivity contribution in [3.8, 4) is 13.1 Å². The molecule has 0 saturated heterocycles. The van der Waals surface area contributed by atoms with Crippen LogP contribution in [-0.4, -0.2) is 0 Å². The van der Waals surface area contributed by atoms with E-state index in [0.29, 0.717) is 5.92 Å². The molecule has 3 rings (SSSR count). The van der Waals surface area contributed by atoms with Gasteiger partial charge in [-0.1, -0.05) is 49.7 Å². The lowest BCUT2D eigenvalue weighted by atomic mass is 9.65. The standard InChI is InChI=1S/C21H22N2/c1-21(18-11-5-7-13-20(18)23-3)14-8-9-16(15-21)17-10-4-6-12-19(17)22-2/h2-7,10-13,16H,8-9,14-15H2,1H3/q+2. The van der Waals surface area contributed by atoms with E-state index < -0.39 is 0 Å². The molecular formula is C21H22N2+2. The number of benzene rings is 2. The summed E-state index contributed by atoms with van der Waals surface area (Å²) in [7, 11) is 0. The molecule has 0 radical (unpaired) electrons. The molecule has 0 N–H and O–H groups in total. The van der Waals surface area contributed by atoms with Gasteiger partial charge in [-0.3, -0.25) is 0 Å². The van der Waals surface area contributed by atoms with Gasteiger partial charge < -0.3 is 0 Å². The smallest absolute Gasteiger partial charge is 0.0614 e. The summed E-state index contributed by atoms with van der Waals surface area (Å²) in [5, 5.41) is 0. The van der Waals surface area contributed by atoms with Crippen LogP contribution in [0.3, 0.4) is 0 Å². The van der Waals surface area contributed by atoms with Gasteiger partial charge in [0.15, 0.2) is 0 Å². The van der Waals surface area contributed by atoms with E-state index in [1.165, 1.54) is 24.0 Å². The Bertz CT molecular complexity index is 794. The third-order valence-electron chi connectivity index (χ3n) is 5.19. The minimum Gasteiger partial charge on any atom is -0.0614 e. The zero-order valence-corrected chi connectivity index (χ0v) is 13.6. The second kappa shape index (κ2) is 6.27. The molecule has 1 fully saturated rings. The van der Waals surface area contributed by atoms with Crippen molar-refractivity contribution < 1.29 is 0 Å². The first-order valence-corrected chi connectivity index (χ1v) is 8.18. The number of rotatable bonds is 2. The Morgan fingerprint density at radius 2 is 1.61 bits per heavy atom. The minimum absolute atomic E-state index is 0.0735. The summed E-state index contributed by atoms with van der Waals surface area (Å²) < 4.78 is 0. The average Bonchev–Trinajstić information content (AvgIpc) is 2.61. The largest absolute Gasteiger partial charge is 0.343 e. The molecule has 2 unspecified atom stereocenters. The summed E-state index contributed by atoms with van der Waals surface area (Å²) in [6.07, 6.45) is 4.56. The fourth-order valence-electron chi connectivity index (χ4n) is 4.04.